The Morgan fingerprint density at radius 2 is 1.83 bits per heavy atom. The molecule has 0 aliphatic heterocycles. The second kappa shape index (κ2) is 4.30. The van der Waals surface area contributed by atoms with Gasteiger partial charge in [0.25, 0.3) is 0 Å². The summed E-state index contributed by atoms with van der Waals surface area (Å²) < 4.78 is 0. The molecule has 1 aromatic carbocycles. The molecule has 0 aliphatic carbocycles. The molecule has 0 unspecified atom stereocenters. The summed E-state index contributed by atoms with van der Waals surface area (Å²) in [6.45, 7) is 4.44. The van der Waals surface area contributed by atoms with Crippen LogP contribution in [0.25, 0.3) is 22.2 Å². The van der Waals surface area contributed by atoms with Gasteiger partial charge in [0.05, 0.1) is 0 Å². The van der Waals surface area contributed by atoms with Gasteiger partial charge in [-0.3, -0.25) is 0 Å². The maximum Gasteiger partial charge on any atom is 0.138 e. The standard InChI is InChI=1S/C16H16N2/c1-11(2)13-8-9-17-16-15(13)14(10-18-16)12-6-4-3-5-7-12/h3-11H,1-2H3,(H,17,18). The fourth-order valence-corrected chi connectivity index (χ4v) is 2.41. The third-order valence-corrected chi connectivity index (χ3v) is 3.31. The Morgan fingerprint density at radius 3 is 2.56 bits per heavy atom. The van der Waals surface area contributed by atoms with Crippen molar-refractivity contribution in [3.63, 3.8) is 0 Å². The lowest BCUT2D eigenvalue weighted by molar-refractivity contribution is 0.874. The molecule has 3 rings (SSSR count). The molecule has 18 heavy (non-hydrogen) atoms. The molecule has 1 N–H and O–H groups in total. The van der Waals surface area contributed by atoms with E-state index in [1.54, 1.807) is 0 Å². The minimum Gasteiger partial charge on any atom is -0.346 e. The molecule has 2 aromatic heterocycles. The minimum absolute atomic E-state index is 0.494. The normalized spacial score (nSPS) is 11.3. The zero-order valence-electron chi connectivity index (χ0n) is 10.6. The van der Waals surface area contributed by atoms with E-state index < -0.39 is 0 Å². The first-order valence-corrected chi connectivity index (χ1v) is 6.29. The molecule has 0 saturated heterocycles. The largest absolute Gasteiger partial charge is 0.346 e. The molecular formula is C16H16N2. The van der Waals surface area contributed by atoms with Gasteiger partial charge >= 0.3 is 0 Å². The predicted molar refractivity (Wildman–Crippen MR) is 75.6 cm³/mol. The van der Waals surface area contributed by atoms with Crippen LogP contribution in [0.2, 0.25) is 0 Å². The van der Waals surface area contributed by atoms with E-state index in [-0.39, 0.29) is 0 Å². The number of hydrogen-bond donors (Lipinski definition) is 1. The third kappa shape index (κ3) is 1.70. The van der Waals surface area contributed by atoms with Crippen LogP contribution in [-0.2, 0) is 0 Å². The van der Waals surface area contributed by atoms with Crippen molar-refractivity contribution in [2.75, 3.05) is 0 Å². The monoisotopic (exact) mass is 236 g/mol. The number of benzene rings is 1. The summed E-state index contributed by atoms with van der Waals surface area (Å²) in [4.78, 5) is 7.69. The van der Waals surface area contributed by atoms with Crippen LogP contribution in [0.15, 0.2) is 48.8 Å². The SMILES string of the molecule is CC(C)c1ccnc2[nH]cc(-c3ccccc3)c12. The molecule has 2 heterocycles. The van der Waals surface area contributed by atoms with Crippen LogP contribution >= 0.6 is 0 Å². The van der Waals surface area contributed by atoms with Crippen molar-refractivity contribution in [1.82, 2.24) is 9.97 Å². The van der Waals surface area contributed by atoms with E-state index in [9.17, 15) is 0 Å². The van der Waals surface area contributed by atoms with Gasteiger partial charge in [-0.15, -0.1) is 0 Å². The zero-order valence-corrected chi connectivity index (χ0v) is 10.6. The van der Waals surface area contributed by atoms with Crippen LogP contribution in [0, 0.1) is 0 Å². The summed E-state index contributed by atoms with van der Waals surface area (Å²) in [5, 5.41) is 1.25. The van der Waals surface area contributed by atoms with Gasteiger partial charge in [-0.1, -0.05) is 44.2 Å². The highest BCUT2D eigenvalue weighted by molar-refractivity contribution is 5.96. The lowest BCUT2D eigenvalue weighted by Crippen LogP contribution is -1.90. The van der Waals surface area contributed by atoms with Crippen molar-refractivity contribution >= 4 is 11.0 Å². The Morgan fingerprint density at radius 1 is 1.06 bits per heavy atom. The first kappa shape index (κ1) is 11.0. The molecule has 90 valence electrons. The Kier molecular flexibility index (Phi) is 2.63. The molecule has 0 spiro atoms. The maximum absolute atomic E-state index is 4.41. The zero-order chi connectivity index (χ0) is 12.5. The molecular weight excluding hydrogens is 220 g/mol. The molecule has 0 radical (unpaired) electrons. The van der Waals surface area contributed by atoms with Crippen LogP contribution < -0.4 is 0 Å². The second-order valence-electron chi connectivity index (χ2n) is 4.85. The van der Waals surface area contributed by atoms with E-state index in [0.717, 1.165) is 5.65 Å². The van der Waals surface area contributed by atoms with E-state index in [4.69, 9.17) is 0 Å². The van der Waals surface area contributed by atoms with Gasteiger partial charge in [0, 0.05) is 23.3 Å². The van der Waals surface area contributed by atoms with Crippen molar-refractivity contribution in [2.24, 2.45) is 0 Å². The summed E-state index contributed by atoms with van der Waals surface area (Å²) in [7, 11) is 0. The van der Waals surface area contributed by atoms with Crippen LogP contribution in [0.1, 0.15) is 25.3 Å². The van der Waals surface area contributed by atoms with Crippen LogP contribution in [-0.4, -0.2) is 9.97 Å². The highest BCUT2D eigenvalue weighted by Gasteiger charge is 2.12. The molecule has 0 saturated carbocycles. The minimum atomic E-state index is 0.494. The lowest BCUT2D eigenvalue weighted by atomic mass is 9.96. The Hall–Kier alpha value is -2.09. The summed E-state index contributed by atoms with van der Waals surface area (Å²) >= 11 is 0. The van der Waals surface area contributed by atoms with Gasteiger partial charge in [0.2, 0.25) is 0 Å². The first-order chi connectivity index (χ1) is 8.77. The number of nitrogens with zero attached hydrogens (tertiary/aromatic N) is 1. The Balaban J connectivity index is 2.31. The number of aromatic nitrogens is 2. The average molecular weight is 236 g/mol. The molecule has 0 atom stereocenters. The number of nitrogens with one attached hydrogen (secondary N) is 1. The first-order valence-electron chi connectivity index (χ1n) is 6.29. The van der Waals surface area contributed by atoms with Gasteiger partial charge in [-0.05, 0) is 23.1 Å². The van der Waals surface area contributed by atoms with Crippen LogP contribution in [0.4, 0.5) is 0 Å². The molecule has 0 aliphatic rings. The van der Waals surface area contributed by atoms with Gasteiger partial charge < -0.3 is 4.98 Å². The van der Waals surface area contributed by atoms with Crippen LogP contribution in [0.3, 0.4) is 0 Å². The summed E-state index contributed by atoms with van der Waals surface area (Å²) in [6, 6.07) is 12.6. The van der Waals surface area contributed by atoms with Gasteiger partial charge in [0.15, 0.2) is 0 Å². The summed E-state index contributed by atoms with van der Waals surface area (Å²) in [5.41, 5.74) is 4.79. The molecule has 0 bridgehead atoms. The van der Waals surface area contributed by atoms with Crippen molar-refractivity contribution in [1.29, 1.82) is 0 Å². The number of H-pyrrole nitrogens is 1. The van der Waals surface area contributed by atoms with Crippen molar-refractivity contribution in [3.8, 4) is 11.1 Å². The Bertz CT molecular complexity index is 666. The van der Waals surface area contributed by atoms with Gasteiger partial charge in [0.1, 0.15) is 5.65 Å². The highest BCUT2D eigenvalue weighted by Crippen LogP contribution is 2.33. The van der Waals surface area contributed by atoms with E-state index >= 15 is 0 Å². The van der Waals surface area contributed by atoms with Crippen molar-refractivity contribution in [2.45, 2.75) is 19.8 Å². The molecule has 2 nitrogen and oxygen atoms in total. The smallest absolute Gasteiger partial charge is 0.138 e. The quantitative estimate of drug-likeness (QED) is 0.704. The highest BCUT2D eigenvalue weighted by atomic mass is 14.8. The van der Waals surface area contributed by atoms with Gasteiger partial charge in [-0.25, -0.2) is 4.98 Å². The Labute approximate surface area is 107 Å². The van der Waals surface area contributed by atoms with Gasteiger partial charge in [-0.2, -0.15) is 0 Å². The number of hydrogen-bond acceptors (Lipinski definition) is 1. The molecule has 2 heteroatoms. The number of fused-ring (bicyclic) bond motifs is 1. The van der Waals surface area contributed by atoms with E-state index in [2.05, 4.69) is 60.3 Å². The van der Waals surface area contributed by atoms with Crippen molar-refractivity contribution < 1.29 is 0 Å². The summed E-state index contributed by atoms with van der Waals surface area (Å²) in [6.07, 6.45) is 3.93. The fraction of sp³-hybridized carbons (Fsp3) is 0.188. The van der Waals surface area contributed by atoms with E-state index in [1.165, 1.54) is 22.1 Å². The average Bonchev–Trinajstić information content (AvgIpc) is 2.83. The molecule has 0 amide bonds. The number of pyridine rings is 1. The predicted octanol–water partition coefficient (Wildman–Crippen LogP) is 4.35. The van der Waals surface area contributed by atoms with Crippen molar-refractivity contribution in [3.05, 3.63) is 54.4 Å². The molecule has 3 aromatic rings. The maximum atomic E-state index is 4.41. The lowest BCUT2D eigenvalue weighted by Gasteiger charge is -2.08. The topological polar surface area (TPSA) is 28.7 Å². The molecule has 0 fully saturated rings. The van der Waals surface area contributed by atoms with Crippen LogP contribution in [0.5, 0.6) is 0 Å². The van der Waals surface area contributed by atoms with E-state index in [0.29, 0.717) is 5.92 Å². The number of rotatable bonds is 2. The number of aromatic amines is 1. The second-order valence-corrected chi connectivity index (χ2v) is 4.85. The third-order valence-electron chi connectivity index (χ3n) is 3.31. The van der Waals surface area contributed by atoms with E-state index in [1.807, 2.05) is 12.3 Å². The fourth-order valence-electron chi connectivity index (χ4n) is 2.41. The summed E-state index contributed by atoms with van der Waals surface area (Å²) in [5.74, 6) is 0.494.